The van der Waals surface area contributed by atoms with Crippen LogP contribution in [0.2, 0.25) is 0 Å². The fourth-order valence-corrected chi connectivity index (χ4v) is 5.23. The molecular formula is C21H32N2O2. The molecule has 4 rings (SSSR count). The van der Waals surface area contributed by atoms with Crippen molar-refractivity contribution in [2.24, 2.45) is 0 Å². The summed E-state index contributed by atoms with van der Waals surface area (Å²) in [5.41, 5.74) is 1.43. The molecule has 1 N–H and O–H groups in total. The van der Waals surface area contributed by atoms with Crippen molar-refractivity contribution in [1.29, 1.82) is 0 Å². The third-order valence-corrected chi connectivity index (χ3v) is 6.75. The molecule has 3 aliphatic heterocycles. The number of hydrogen-bond donors (Lipinski definition) is 1. The topological polar surface area (TPSA) is 35.9 Å². The predicted molar refractivity (Wildman–Crippen MR) is 99.7 cm³/mol. The number of ether oxygens (including phenoxy) is 1. The molecule has 25 heavy (non-hydrogen) atoms. The Morgan fingerprint density at radius 3 is 2.64 bits per heavy atom. The number of aliphatic hydroxyl groups is 1. The molecule has 0 aliphatic carbocycles. The van der Waals surface area contributed by atoms with Gasteiger partial charge in [-0.3, -0.25) is 9.80 Å². The van der Waals surface area contributed by atoms with E-state index in [1.165, 1.54) is 12.0 Å². The Hall–Kier alpha value is -0.940. The first-order valence-corrected chi connectivity index (χ1v) is 10.1. The molecule has 3 saturated heterocycles. The first-order chi connectivity index (χ1) is 12.3. The zero-order valence-corrected chi connectivity index (χ0v) is 15.3. The monoisotopic (exact) mass is 344 g/mol. The number of likely N-dealkylation sites (tertiary alicyclic amines) is 2. The van der Waals surface area contributed by atoms with E-state index in [2.05, 4.69) is 40.1 Å². The Morgan fingerprint density at radius 1 is 1.08 bits per heavy atom. The summed E-state index contributed by atoms with van der Waals surface area (Å²) in [5, 5.41) is 11.1. The highest BCUT2D eigenvalue weighted by Gasteiger charge is 2.49. The van der Waals surface area contributed by atoms with Gasteiger partial charge in [0.15, 0.2) is 0 Å². The Balaban J connectivity index is 1.38. The summed E-state index contributed by atoms with van der Waals surface area (Å²) >= 11 is 0. The number of β-amino-alcohol motifs (C(OH)–C–C–N with tert-alkyl or cyclic N) is 1. The average molecular weight is 344 g/mol. The fraction of sp³-hybridized carbons (Fsp3) is 0.714. The van der Waals surface area contributed by atoms with Crippen molar-refractivity contribution < 1.29 is 9.84 Å². The van der Waals surface area contributed by atoms with Gasteiger partial charge in [0.2, 0.25) is 0 Å². The number of aliphatic hydroxyl groups excluding tert-OH is 1. The highest BCUT2D eigenvalue weighted by Crippen LogP contribution is 2.39. The first-order valence-electron chi connectivity index (χ1n) is 10.1. The molecule has 1 aromatic carbocycles. The summed E-state index contributed by atoms with van der Waals surface area (Å²) < 4.78 is 5.50. The standard InChI is InChI=1S/C21H32N2O2/c24-20-17-22(19-8-15-25-16-9-19)14-11-21(20)10-4-12-23(21)13-7-18-5-2-1-3-6-18/h1-3,5-6,19-20,24H,4,7-17H2/t20-,21-/m0/s1. The summed E-state index contributed by atoms with van der Waals surface area (Å²) in [5.74, 6) is 0. The molecule has 0 aromatic heterocycles. The molecule has 0 unspecified atom stereocenters. The number of nitrogens with zero attached hydrogens (tertiary/aromatic N) is 2. The zero-order valence-electron chi connectivity index (χ0n) is 15.3. The van der Waals surface area contributed by atoms with Crippen LogP contribution in [-0.4, -0.2) is 72.0 Å². The second-order valence-electron chi connectivity index (χ2n) is 8.03. The van der Waals surface area contributed by atoms with Crippen molar-refractivity contribution in [2.75, 3.05) is 39.4 Å². The van der Waals surface area contributed by atoms with E-state index in [1.54, 1.807) is 0 Å². The van der Waals surface area contributed by atoms with Gasteiger partial charge in [0.1, 0.15) is 0 Å². The minimum atomic E-state index is -0.220. The molecule has 0 amide bonds. The van der Waals surface area contributed by atoms with Gasteiger partial charge < -0.3 is 9.84 Å². The van der Waals surface area contributed by atoms with Crippen LogP contribution < -0.4 is 0 Å². The minimum absolute atomic E-state index is 0.0243. The van der Waals surface area contributed by atoms with Crippen LogP contribution >= 0.6 is 0 Å². The van der Waals surface area contributed by atoms with Crippen LogP contribution in [-0.2, 0) is 11.2 Å². The van der Waals surface area contributed by atoms with Gasteiger partial charge in [0.25, 0.3) is 0 Å². The second-order valence-corrected chi connectivity index (χ2v) is 8.03. The molecular weight excluding hydrogens is 312 g/mol. The predicted octanol–water partition coefficient (Wildman–Crippen LogP) is 2.31. The summed E-state index contributed by atoms with van der Waals surface area (Å²) in [4.78, 5) is 5.14. The third-order valence-electron chi connectivity index (χ3n) is 6.75. The largest absolute Gasteiger partial charge is 0.390 e. The molecule has 0 radical (unpaired) electrons. The van der Waals surface area contributed by atoms with Crippen LogP contribution in [0.25, 0.3) is 0 Å². The Labute approximate surface area is 151 Å². The fourth-order valence-electron chi connectivity index (χ4n) is 5.23. The zero-order chi connectivity index (χ0) is 17.1. The van der Waals surface area contributed by atoms with Gasteiger partial charge in [0, 0.05) is 44.4 Å². The van der Waals surface area contributed by atoms with E-state index in [4.69, 9.17) is 4.74 Å². The van der Waals surface area contributed by atoms with Crippen LogP contribution in [0, 0.1) is 0 Å². The van der Waals surface area contributed by atoms with Gasteiger partial charge >= 0.3 is 0 Å². The van der Waals surface area contributed by atoms with Gasteiger partial charge in [0.05, 0.1) is 6.10 Å². The molecule has 2 atom stereocenters. The Kier molecular flexibility index (Phi) is 5.41. The maximum absolute atomic E-state index is 11.1. The van der Waals surface area contributed by atoms with Gasteiger partial charge in [-0.15, -0.1) is 0 Å². The lowest BCUT2D eigenvalue weighted by atomic mass is 9.81. The van der Waals surface area contributed by atoms with Crippen LogP contribution in [0.3, 0.4) is 0 Å². The molecule has 138 valence electrons. The number of hydrogen-bond acceptors (Lipinski definition) is 4. The van der Waals surface area contributed by atoms with E-state index >= 15 is 0 Å². The van der Waals surface area contributed by atoms with Crippen molar-refractivity contribution in [3.05, 3.63) is 35.9 Å². The molecule has 4 nitrogen and oxygen atoms in total. The summed E-state index contributed by atoms with van der Waals surface area (Å²) in [6.07, 6.45) is 6.60. The van der Waals surface area contributed by atoms with E-state index in [-0.39, 0.29) is 11.6 Å². The minimum Gasteiger partial charge on any atom is -0.390 e. The third kappa shape index (κ3) is 3.63. The van der Waals surface area contributed by atoms with Crippen LogP contribution in [0.15, 0.2) is 30.3 Å². The number of rotatable bonds is 4. The first kappa shape index (κ1) is 17.5. The Morgan fingerprint density at radius 2 is 1.88 bits per heavy atom. The van der Waals surface area contributed by atoms with Crippen LogP contribution in [0.1, 0.15) is 37.7 Å². The summed E-state index contributed by atoms with van der Waals surface area (Å²) in [6, 6.07) is 11.4. The maximum Gasteiger partial charge on any atom is 0.0851 e. The Bertz CT molecular complexity index is 546. The smallest absolute Gasteiger partial charge is 0.0851 e. The van der Waals surface area contributed by atoms with E-state index < -0.39 is 0 Å². The van der Waals surface area contributed by atoms with Crippen molar-refractivity contribution in [2.45, 2.75) is 56.2 Å². The second kappa shape index (κ2) is 7.75. The van der Waals surface area contributed by atoms with E-state index in [0.717, 1.165) is 71.5 Å². The lowest BCUT2D eigenvalue weighted by Crippen LogP contribution is -2.63. The van der Waals surface area contributed by atoms with Crippen molar-refractivity contribution in [3.8, 4) is 0 Å². The quantitative estimate of drug-likeness (QED) is 0.909. The molecule has 3 fully saturated rings. The summed E-state index contributed by atoms with van der Waals surface area (Å²) in [7, 11) is 0. The highest BCUT2D eigenvalue weighted by atomic mass is 16.5. The lowest BCUT2D eigenvalue weighted by Gasteiger charge is -2.50. The van der Waals surface area contributed by atoms with Gasteiger partial charge in [-0.25, -0.2) is 0 Å². The SMILES string of the molecule is O[C@H]1CN(C2CCOCC2)CC[C@@]12CCCN2CCc1ccccc1. The normalized spacial score (nSPS) is 32.4. The lowest BCUT2D eigenvalue weighted by molar-refractivity contribution is -0.0831. The van der Waals surface area contributed by atoms with Crippen LogP contribution in [0.5, 0.6) is 0 Å². The van der Waals surface area contributed by atoms with E-state index in [1.807, 2.05) is 0 Å². The molecule has 0 bridgehead atoms. The highest BCUT2D eigenvalue weighted by molar-refractivity contribution is 5.15. The molecule has 3 heterocycles. The molecule has 4 heteroatoms. The number of piperidine rings is 1. The maximum atomic E-state index is 11.1. The van der Waals surface area contributed by atoms with Crippen molar-refractivity contribution >= 4 is 0 Å². The van der Waals surface area contributed by atoms with Gasteiger partial charge in [-0.2, -0.15) is 0 Å². The average Bonchev–Trinajstić information content (AvgIpc) is 3.07. The van der Waals surface area contributed by atoms with Crippen molar-refractivity contribution in [3.63, 3.8) is 0 Å². The van der Waals surface area contributed by atoms with E-state index in [9.17, 15) is 5.11 Å². The molecule has 0 saturated carbocycles. The summed E-state index contributed by atoms with van der Waals surface area (Å²) in [6.45, 7) is 5.94. The molecule has 1 spiro atoms. The molecule has 1 aromatic rings. The van der Waals surface area contributed by atoms with Gasteiger partial charge in [-0.05, 0) is 50.6 Å². The van der Waals surface area contributed by atoms with Gasteiger partial charge in [-0.1, -0.05) is 30.3 Å². The van der Waals surface area contributed by atoms with Crippen molar-refractivity contribution in [1.82, 2.24) is 9.80 Å². The van der Waals surface area contributed by atoms with Crippen LogP contribution in [0.4, 0.5) is 0 Å². The number of benzene rings is 1. The molecule has 3 aliphatic rings. The van der Waals surface area contributed by atoms with E-state index in [0.29, 0.717) is 6.04 Å².